The summed E-state index contributed by atoms with van der Waals surface area (Å²) < 4.78 is 5.27. The van der Waals surface area contributed by atoms with Gasteiger partial charge in [0.25, 0.3) is 0 Å². The van der Waals surface area contributed by atoms with E-state index in [0.29, 0.717) is 29.6 Å². The molecule has 2 unspecified atom stereocenters. The average molecular weight is 293 g/mol. The van der Waals surface area contributed by atoms with Gasteiger partial charge in [-0.3, -0.25) is 4.79 Å². The normalized spacial score (nSPS) is 22.1. The van der Waals surface area contributed by atoms with Gasteiger partial charge in [0.1, 0.15) is 0 Å². The van der Waals surface area contributed by atoms with Gasteiger partial charge in [-0.25, -0.2) is 0 Å². The van der Waals surface area contributed by atoms with Crippen molar-refractivity contribution in [2.45, 2.75) is 25.2 Å². The first-order chi connectivity index (χ1) is 9.65. The van der Waals surface area contributed by atoms with E-state index in [0.717, 1.165) is 12.0 Å². The Kier molecular flexibility index (Phi) is 3.44. The number of carboxylic acid groups (broad SMARTS) is 1. The number of halogens is 1. The van der Waals surface area contributed by atoms with E-state index < -0.39 is 5.97 Å². The molecule has 0 aliphatic heterocycles. The number of nitrogens with zero attached hydrogens (tertiary/aromatic N) is 2. The second kappa shape index (κ2) is 5.25. The molecule has 1 fully saturated rings. The standard InChI is InChI=1S/C14H13ClN2O3/c15-11-4-2-1-3-10(11)12-16-13(20-17-12)8-5-6-9(7-8)14(18)19/h1-4,8-9H,5-7H2,(H,18,19). The molecule has 1 aliphatic rings. The van der Waals surface area contributed by atoms with Crippen LogP contribution < -0.4 is 0 Å². The topological polar surface area (TPSA) is 76.2 Å². The van der Waals surface area contributed by atoms with Crippen LogP contribution in [-0.2, 0) is 4.79 Å². The van der Waals surface area contributed by atoms with Crippen molar-refractivity contribution in [1.82, 2.24) is 10.1 Å². The molecular weight excluding hydrogens is 280 g/mol. The fourth-order valence-corrected chi connectivity index (χ4v) is 2.80. The van der Waals surface area contributed by atoms with Crippen LogP contribution in [0.3, 0.4) is 0 Å². The molecule has 0 radical (unpaired) electrons. The van der Waals surface area contributed by atoms with Crippen molar-refractivity contribution in [2.75, 3.05) is 0 Å². The van der Waals surface area contributed by atoms with Gasteiger partial charge < -0.3 is 9.63 Å². The first-order valence-corrected chi connectivity index (χ1v) is 6.84. The van der Waals surface area contributed by atoms with Gasteiger partial charge in [-0.15, -0.1) is 0 Å². The molecule has 1 N–H and O–H groups in total. The lowest BCUT2D eigenvalue weighted by Crippen LogP contribution is -2.09. The summed E-state index contributed by atoms with van der Waals surface area (Å²) in [7, 11) is 0. The predicted molar refractivity (Wildman–Crippen MR) is 72.5 cm³/mol. The van der Waals surface area contributed by atoms with Crippen LogP contribution in [-0.4, -0.2) is 21.2 Å². The predicted octanol–water partition coefficient (Wildman–Crippen LogP) is 3.36. The maximum absolute atomic E-state index is 11.0. The van der Waals surface area contributed by atoms with Gasteiger partial charge in [0.05, 0.1) is 10.9 Å². The van der Waals surface area contributed by atoms with Crippen molar-refractivity contribution in [2.24, 2.45) is 5.92 Å². The Hall–Kier alpha value is -1.88. The van der Waals surface area contributed by atoms with Gasteiger partial charge >= 0.3 is 5.97 Å². The summed E-state index contributed by atoms with van der Waals surface area (Å²) in [4.78, 5) is 15.3. The smallest absolute Gasteiger partial charge is 0.306 e. The van der Waals surface area contributed by atoms with Crippen LogP contribution >= 0.6 is 11.6 Å². The first kappa shape index (κ1) is 13.1. The third-order valence-corrected chi connectivity index (χ3v) is 4.02. The average Bonchev–Trinajstić information content (AvgIpc) is 3.08. The van der Waals surface area contributed by atoms with E-state index in [9.17, 15) is 4.79 Å². The molecule has 1 aromatic heterocycles. The van der Waals surface area contributed by atoms with Crippen LogP contribution in [0.1, 0.15) is 31.1 Å². The molecule has 0 bridgehead atoms. The number of carboxylic acids is 1. The third kappa shape index (κ3) is 2.41. The van der Waals surface area contributed by atoms with Crippen molar-refractivity contribution in [3.63, 3.8) is 0 Å². The van der Waals surface area contributed by atoms with Gasteiger partial charge in [0, 0.05) is 11.5 Å². The summed E-state index contributed by atoms with van der Waals surface area (Å²) >= 11 is 6.09. The molecule has 1 saturated carbocycles. The van der Waals surface area contributed by atoms with Crippen LogP contribution in [0.2, 0.25) is 5.02 Å². The summed E-state index contributed by atoms with van der Waals surface area (Å²) in [6.07, 6.45) is 1.98. The monoisotopic (exact) mass is 292 g/mol. The van der Waals surface area contributed by atoms with Crippen LogP contribution in [0.15, 0.2) is 28.8 Å². The van der Waals surface area contributed by atoms with Crippen molar-refractivity contribution in [3.8, 4) is 11.4 Å². The van der Waals surface area contributed by atoms with E-state index in [4.69, 9.17) is 21.2 Å². The molecule has 1 heterocycles. The minimum absolute atomic E-state index is 0.0276. The zero-order chi connectivity index (χ0) is 14.1. The molecule has 1 aromatic carbocycles. The van der Waals surface area contributed by atoms with Gasteiger partial charge in [-0.05, 0) is 31.4 Å². The molecule has 1 aliphatic carbocycles. The van der Waals surface area contributed by atoms with E-state index in [2.05, 4.69) is 10.1 Å². The highest BCUT2D eigenvalue weighted by atomic mass is 35.5. The number of benzene rings is 1. The Morgan fingerprint density at radius 3 is 2.85 bits per heavy atom. The summed E-state index contributed by atoms with van der Waals surface area (Å²) in [6.45, 7) is 0. The van der Waals surface area contributed by atoms with Crippen LogP contribution in [0.25, 0.3) is 11.4 Å². The first-order valence-electron chi connectivity index (χ1n) is 6.46. The Labute approximate surface area is 120 Å². The number of aliphatic carboxylic acids is 1. The largest absolute Gasteiger partial charge is 0.481 e. The quantitative estimate of drug-likeness (QED) is 0.938. The summed E-state index contributed by atoms with van der Waals surface area (Å²) in [5.41, 5.74) is 0.719. The SMILES string of the molecule is O=C(O)C1CCC(c2nc(-c3ccccc3Cl)no2)C1. The van der Waals surface area contributed by atoms with Crippen molar-refractivity contribution in [1.29, 1.82) is 0 Å². The highest BCUT2D eigenvalue weighted by Crippen LogP contribution is 2.38. The fraction of sp³-hybridized carbons (Fsp3) is 0.357. The molecule has 0 amide bonds. The molecule has 2 atom stereocenters. The molecule has 5 nitrogen and oxygen atoms in total. The Bertz CT molecular complexity index is 641. The van der Waals surface area contributed by atoms with Gasteiger partial charge in [-0.1, -0.05) is 28.9 Å². The van der Waals surface area contributed by atoms with E-state index in [1.54, 1.807) is 6.07 Å². The summed E-state index contributed by atoms with van der Waals surface area (Å²) in [5, 5.41) is 13.5. The molecule has 2 aromatic rings. The number of carbonyl (C=O) groups is 1. The minimum atomic E-state index is -0.752. The maximum atomic E-state index is 11.0. The number of rotatable bonds is 3. The number of hydrogen-bond acceptors (Lipinski definition) is 4. The van der Waals surface area contributed by atoms with E-state index in [1.807, 2.05) is 18.2 Å². The molecule has 6 heteroatoms. The lowest BCUT2D eigenvalue weighted by atomic mass is 10.1. The molecule has 3 rings (SSSR count). The molecule has 0 saturated heterocycles. The maximum Gasteiger partial charge on any atom is 0.306 e. The lowest BCUT2D eigenvalue weighted by Gasteiger charge is -2.02. The zero-order valence-electron chi connectivity index (χ0n) is 10.6. The van der Waals surface area contributed by atoms with E-state index in [-0.39, 0.29) is 11.8 Å². The summed E-state index contributed by atoms with van der Waals surface area (Å²) in [5.74, 6) is -0.0816. The van der Waals surface area contributed by atoms with E-state index >= 15 is 0 Å². The zero-order valence-corrected chi connectivity index (χ0v) is 11.4. The molecule has 104 valence electrons. The van der Waals surface area contributed by atoms with Gasteiger partial charge in [0.15, 0.2) is 0 Å². The highest BCUT2D eigenvalue weighted by molar-refractivity contribution is 6.33. The summed E-state index contributed by atoms with van der Waals surface area (Å²) in [6, 6.07) is 7.28. The third-order valence-electron chi connectivity index (χ3n) is 3.69. The lowest BCUT2D eigenvalue weighted by molar-refractivity contribution is -0.141. The molecular formula is C14H13ClN2O3. The number of aromatic nitrogens is 2. The Balaban J connectivity index is 1.81. The highest BCUT2D eigenvalue weighted by Gasteiger charge is 2.33. The van der Waals surface area contributed by atoms with Gasteiger partial charge in [-0.2, -0.15) is 4.98 Å². The Morgan fingerprint density at radius 1 is 1.35 bits per heavy atom. The molecule has 0 spiro atoms. The van der Waals surface area contributed by atoms with Crippen molar-refractivity contribution in [3.05, 3.63) is 35.2 Å². The fourth-order valence-electron chi connectivity index (χ4n) is 2.58. The number of hydrogen-bond donors (Lipinski definition) is 1. The van der Waals surface area contributed by atoms with Crippen molar-refractivity contribution < 1.29 is 14.4 Å². The van der Waals surface area contributed by atoms with Crippen LogP contribution in [0.4, 0.5) is 0 Å². The minimum Gasteiger partial charge on any atom is -0.481 e. The second-order valence-corrected chi connectivity index (χ2v) is 5.39. The van der Waals surface area contributed by atoms with Gasteiger partial charge in [0.2, 0.25) is 11.7 Å². The van der Waals surface area contributed by atoms with Crippen LogP contribution in [0, 0.1) is 5.92 Å². The second-order valence-electron chi connectivity index (χ2n) is 4.98. The molecule has 20 heavy (non-hydrogen) atoms. The van der Waals surface area contributed by atoms with Crippen molar-refractivity contribution >= 4 is 17.6 Å². The Morgan fingerprint density at radius 2 is 2.15 bits per heavy atom. The van der Waals surface area contributed by atoms with E-state index in [1.165, 1.54) is 0 Å². The van der Waals surface area contributed by atoms with Crippen LogP contribution in [0.5, 0.6) is 0 Å².